The summed E-state index contributed by atoms with van der Waals surface area (Å²) in [5.74, 6) is -0.843. The first kappa shape index (κ1) is 16.7. The number of hydrogen-bond acceptors (Lipinski definition) is 4. The third kappa shape index (κ3) is 4.97. The van der Waals surface area contributed by atoms with Crippen LogP contribution in [-0.2, 0) is 14.3 Å². The van der Waals surface area contributed by atoms with E-state index in [9.17, 15) is 9.59 Å². The van der Waals surface area contributed by atoms with Crippen LogP contribution < -0.4 is 10.6 Å². The molecule has 0 aromatic carbocycles. The molecule has 3 N–H and O–H groups in total. The number of carbonyl (C=O) groups excluding carboxylic acids is 1. The van der Waals surface area contributed by atoms with Crippen molar-refractivity contribution < 1.29 is 24.2 Å². The maximum atomic E-state index is 11.8. The van der Waals surface area contributed by atoms with E-state index in [1.165, 1.54) is 0 Å². The zero-order valence-corrected chi connectivity index (χ0v) is 12.3. The van der Waals surface area contributed by atoms with Gasteiger partial charge in [0.05, 0.1) is 13.2 Å². The molecule has 1 fully saturated rings. The Bertz CT molecular complexity index is 340. The van der Waals surface area contributed by atoms with Crippen LogP contribution in [0.1, 0.15) is 26.7 Å². The fraction of sp³-hybridized carbons (Fsp3) is 0.846. The highest BCUT2D eigenvalue weighted by Gasteiger charge is 2.35. The molecule has 0 aromatic rings. The van der Waals surface area contributed by atoms with E-state index in [2.05, 4.69) is 10.6 Å². The minimum absolute atomic E-state index is 0.185. The van der Waals surface area contributed by atoms with Gasteiger partial charge in [-0.25, -0.2) is 9.59 Å². The predicted molar refractivity (Wildman–Crippen MR) is 72.6 cm³/mol. The van der Waals surface area contributed by atoms with Gasteiger partial charge in [0.1, 0.15) is 11.6 Å². The maximum absolute atomic E-state index is 11.8. The molecule has 0 radical (unpaired) electrons. The molecular formula is C13H24N2O5. The van der Waals surface area contributed by atoms with Crippen molar-refractivity contribution in [2.24, 2.45) is 5.92 Å². The Morgan fingerprint density at radius 1 is 1.45 bits per heavy atom. The van der Waals surface area contributed by atoms with E-state index in [0.717, 1.165) is 0 Å². The summed E-state index contributed by atoms with van der Waals surface area (Å²) in [5.41, 5.74) is -0.506. The van der Waals surface area contributed by atoms with Crippen LogP contribution in [-0.4, -0.2) is 55.6 Å². The van der Waals surface area contributed by atoms with E-state index in [1.807, 2.05) is 13.8 Å². The molecule has 1 rings (SSSR count). The van der Waals surface area contributed by atoms with Gasteiger partial charge < -0.3 is 25.2 Å². The van der Waals surface area contributed by atoms with Crippen LogP contribution in [0.3, 0.4) is 0 Å². The normalized spacial score (nSPS) is 23.6. The highest BCUT2D eigenvalue weighted by Crippen LogP contribution is 2.21. The summed E-state index contributed by atoms with van der Waals surface area (Å²) < 4.78 is 10.6. The second kappa shape index (κ2) is 7.44. The fourth-order valence-corrected chi connectivity index (χ4v) is 2.10. The van der Waals surface area contributed by atoms with Crippen LogP contribution in [0.25, 0.3) is 0 Å². The topological polar surface area (TPSA) is 96.9 Å². The smallest absolute Gasteiger partial charge is 0.326 e. The molecule has 2 amide bonds. The lowest BCUT2D eigenvalue weighted by Crippen LogP contribution is -2.51. The number of ether oxygens (including phenoxy) is 2. The minimum atomic E-state index is -1.03. The van der Waals surface area contributed by atoms with E-state index in [1.54, 1.807) is 7.11 Å². The third-order valence-corrected chi connectivity index (χ3v) is 3.38. The first-order chi connectivity index (χ1) is 9.38. The minimum Gasteiger partial charge on any atom is -0.480 e. The van der Waals surface area contributed by atoms with Crippen molar-refractivity contribution in [3.63, 3.8) is 0 Å². The van der Waals surface area contributed by atoms with Gasteiger partial charge in [-0.3, -0.25) is 0 Å². The van der Waals surface area contributed by atoms with Crippen molar-refractivity contribution in [3.8, 4) is 0 Å². The molecule has 0 aromatic heterocycles. The number of carboxylic acid groups (broad SMARTS) is 1. The van der Waals surface area contributed by atoms with Crippen LogP contribution in [0.15, 0.2) is 0 Å². The molecule has 0 spiro atoms. The lowest BCUT2D eigenvalue weighted by molar-refractivity contribution is -0.139. The average Bonchev–Trinajstić information content (AvgIpc) is 2.84. The van der Waals surface area contributed by atoms with Crippen molar-refractivity contribution in [2.45, 2.75) is 38.3 Å². The summed E-state index contributed by atoms with van der Waals surface area (Å²) in [5, 5.41) is 14.2. The highest BCUT2D eigenvalue weighted by atomic mass is 16.5. The van der Waals surface area contributed by atoms with E-state index in [0.29, 0.717) is 32.6 Å². The molecule has 0 bridgehead atoms. The summed E-state index contributed by atoms with van der Waals surface area (Å²) in [4.78, 5) is 22.8. The molecule has 1 saturated heterocycles. The van der Waals surface area contributed by atoms with Gasteiger partial charge in [-0.15, -0.1) is 0 Å². The predicted octanol–water partition coefficient (Wildman–Crippen LogP) is 0.590. The van der Waals surface area contributed by atoms with Gasteiger partial charge >= 0.3 is 12.0 Å². The van der Waals surface area contributed by atoms with Gasteiger partial charge in [0.25, 0.3) is 0 Å². The number of hydrogen-bond donors (Lipinski definition) is 3. The van der Waals surface area contributed by atoms with Crippen LogP contribution in [0.2, 0.25) is 0 Å². The first-order valence-corrected chi connectivity index (χ1v) is 6.78. The van der Waals surface area contributed by atoms with Gasteiger partial charge in [-0.1, -0.05) is 13.8 Å². The molecule has 7 heteroatoms. The van der Waals surface area contributed by atoms with Crippen molar-refractivity contribution in [1.29, 1.82) is 0 Å². The van der Waals surface area contributed by atoms with Gasteiger partial charge in [-0.2, -0.15) is 0 Å². The summed E-state index contributed by atoms with van der Waals surface area (Å²) in [7, 11) is 1.58. The first-order valence-electron chi connectivity index (χ1n) is 6.78. The molecule has 0 saturated carbocycles. The third-order valence-electron chi connectivity index (χ3n) is 3.38. The van der Waals surface area contributed by atoms with Crippen molar-refractivity contribution in [2.75, 3.05) is 26.9 Å². The zero-order chi connectivity index (χ0) is 15.2. The lowest BCUT2D eigenvalue weighted by Gasteiger charge is -2.26. The van der Waals surface area contributed by atoms with Crippen LogP contribution >= 0.6 is 0 Å². The maximum Gasteiger partial charge on any atom is 0.326 e. The largest absolute Gasteiger partial charge is 0.480 e. The fourth-order valence-electron chi connectivity index (χ4n) is 2.10. The van der Waals surface area contributed by atoms with Crippen molar-refractivity contribution in [3.05, 3.63) is 0 Å². The molecule has 116 valence electrons. The van der Waals surface area contributed by atoms with Crippen molar-refractivity contribution >= 4 is 12.0 Å². The van der Waals surface area contributed by atoms with Crippen molar-refractivity contribution in [1.82, 2.24) is 10.6 Å². The molecular weight excluding hydrogens is 264 g/mol. The second-order valence-electron chi connectivity index (χ2n) is 5.54. The summed E-state index contributed by atoms with van der Waals surface area (Å²) >= 11 is 0. The van der Waals surface area contributed by atoms with E-state index in [4.69, 9.17) is 14.6 Å². The van der Waals surface area contributed by atoms with Gasteiger partial charge in [0, 0.05) is 20.1 Å². The second-order valence-corrected chi connectivity index (χ2v) is 5.54. The average molecular weight is 288 g/mol. The summed E-state index contributed by atoms with van der Waals surface area (Å²) in [6, 6.07) is -1.38. The Kier molecular flexibility index (Phi) is 6.22. The van der Waals surface area contributed by atoms with Crippen LogP contribution in [0.4, 0.5) is 4.79 Å². The molecule has 2 atom stereocenters. The van der Waals surface area contributed by atoms with Gasteiger partial charge in [0.2, 0.25) is 0 Å². The number of carboxylic acids is 1. The monoisotopic (exact) mass is 288 g/mol. The Balaban J connectivity index is 2.43. The molecule has 0 aliphatic carbocycles. The summed E-state index contributed by atoms with van der Waals surface area (Å²) in [6.45, 7) is 5.14. The van der Waals surface area contributed by atoms with Gasteiger partial charge in [0.15, 0.2) is 0 Å². The Morgan fingerprint density at radius 3 is 2.60 bits per heavy atom. The molecule has 7 nitrogen and oxygen atoms in total. The molecule has 1 heterocycles. The zero-order valence-electron chi connectivity index (χ0n) is 12.3. The van der Waals surface area contributed by atoms with Crippen LogP contribution in [0.5, 0.6) is 0 Å². The standard InChI is InChI=1S/C13H24N2O5/c1-9(2)6-10(11(16)17)15-12(18)14-7-13(19-3)4-5-20-8-13/h9-10H,4-8H2,1-3H3,(H,16,17)(H2,14,15,18)/t10-,13?/m1/s1. The molecule has 1 aliphatic heterocycles. The van der Waals surface area contributed by atoms with E-state index in [-0.39, 0.29) is 5.92 Å². The molecule has 1 unspecified atom stereocenters. The highest BCUT2D eigenvalue weighted by molar-refractivity contribution is 5.82. The lowest BCUT2D eigenvalue weighted by atomic mass is 10.0. The number of carbonyl (C=O) groups is 2. The summed E-state index contributed by atoms with van der Waals surface area (Å²) in [6.07, 6.45) is 1.10. The van der Waals surface area contributed by atoms with E-state index >= 15 is 0 Å². The molecule has 1 aliphatic rings. The Morgan fingerprint density at radius 2 is 2.15 bits per heavy atom. The number of rotatable bonds is 7. The van der Waals surface area contributed by atoms with Gasteiger partial charge in [-0.05, 0) is 12.3 Å². The number of urea groups is 1. The number of amides is 2. The Labute approximate surface area is 119 Å². The number of nitrogens with one attached hydrogen (secondary N) is 2. The SMILES string of the molecule is COC1(CNC(=O)N[C@H](CC(C)C)C(=O)O)CCOC1. The molecule has 20 heavy (non-hydrogen) atoms. The van der Waals surface area contributed by atoms with Crippen LogP contribution in [0, 0.1) is 5.92 Å². The van der Waals surface area contributed by atoms with E-state index < -0.39 is 23.6 Å². The number of methoxy groups -OCH3 is 1. The number of aliphatic carboxylic acids is 1. The quantitative estimate of drug-likeness (QED) is 0.637. The Hall–Kier alpha value is -1.34.